The number of ether oxygens (including phenoxy) is 1. The van der Waals surface area contributed by atoms with Crippen LogP contribution < -0.4 is 15.1 Å². The van der Waals surface area contributed by atoms with Gasteiger partial charge >= 0.3 is 13.1 Å². The number of carboxylic acids is 1. The molecule has 0 spiro atoms. The van der Waals surface area contributed by atoms with E-state index in [0.717, 1.165) is 12.0 Å². The molecule has 1 saturated heterocycles. The van der Waals surface area contributed by atoms with E-state index in [1.165, 1.54) is 11.8 Å². The maximum absolute atomic E-state index is 12.2. The van der Waals surface area contributed by atoms with Crippen LogP contribution >= 0.6 is 0 Å². The van der Waals surface area contributed by atoms with Gasteiger partial charge in [-0.2, -0.15) is 0 Å². The molecule has 27 heavy (non-hydrogen) atoms. The SMILES string of the molecule is CC(N)(CO)C(=O)N1CC(Oc2ccc3c(c2C(=O)O)OB(O)[C@@H]2C[C@H]32)C1. The van der Waals surface area contributed by atoms with Crippen molar-refractivity contribution in [2.24, 2.45) is 5.73 Å². The average molecular weight is 376 g/mol. The standard InChI is InChI=1S/C17H21BN2O7/c1-17(19,7-21)16(24)20-5-8(6-20)26-12-3-2-9-10-4-11(10)18(25)27-14(9)13(12)15(22)23/h2-3,8,10-11,21,25H,4-7,19H2,1H3,(H,22,23)/t10-,11-,17?/m1/s1. The van der Waals surface area contributed by atoms with Gasteiger partial charge in [-0.3, -0.25) is 4.79 Å². The summed E-state index contributed by atoms with van der Waals surface area (Å²) in [4.78, 5) is 25.4. The van der Waals surface area contributed by atoms with Crippen LogP contribution in [0, 0.1) is 0 Å². The van der Waals surface area contributed by atoms with Crippen LogP contribution in [0.1, 0.15) is 35.2 Å². The molecule has 0 bridgehead atoms. The summed E-state index contributed by atoms with van der Waals surface area (Å²) >= 11 is 0. The van der Waals surface area contributed by atoms with Crippen molar-refractivity contribution in [3.05, 3.63) is 23.3 Å². The molecule has 1 amide bonds. The third kappa shape index (κ3) is 2.93. The zero-order valence-corrected chi connectivity index (χ0v) is 14.8. The monoisotopic (exact) mass is 376 g/mol. The van der Waals surface area contributed by atoms with Gasteiger partial charge < -0.3 is 35.3 Å². The van der Waals surface area contributed by atoms with E-state index in [9.17, 15) is 24.8 Å². The fourth-order valence-electron chi connectivity index (χ4n) is 3.68. The van der Waals surface area contributed by atoms with E-state index in [0.29, 0.717) is 0 Å². The first-order valence-corrected chi connectivity index (χ1v) is 8.83. The second-order valence-corrected chi connectivity index (χ2v) is 7.70. The topological polar surface area (TPSA) is 143 Å². The predicted octanol–water partition coefficient (Wildman–Crippen LogP) is -0.585. The van der Waals surface area contributed by atoms with Crippen LogP contribution in [-0.2, 0) is 4.79 Å². The van der Waals surface area contributed by atoms with E-state index < -0.39 is 25.2 Å². The first-order valence-electron chi connectivity index (χ1n) is 8.83. The molecule has 0 aromatic heterocycles. The Morgan fingerprint density at radius 1 is 1.44 bits per heavy atom. The highest BCUT2D eigenvalue weighted by Gasteiger charge is 2.54. The molecule has 144 valence electrons. The fraction of sp³-hybridized carbons (Fsp3) is 0.529. The summed E-state index contributed by atoms with van der Waals surface area (Å²) in [5, 5.41) is 28.8. The normalized spacial score (nSPS) is 25.5. The molecule has 1 aromatic carbocycles. The van der Waals surface area contributed by atoms with Gasteiger partial charge in [0.2, 0.25) is 5.91 Å². The van der Waals surface area contributed by atoms with Crippen molar-refractivity contribution in [1.82, 2.24) is 4.90 Å². The Labute approximate surface area is 155 Å². The van der Waals surface area contributed by atoms with Crippen molar-refractivity contribution < 1.29 is 34.2 Å². The second kappa shape index (κ2) is 6.11. The molecule has 1 aromatic rings. The lowest BCUT2D eigenvalue weighted by molar-refractivity contribution is -0.146. The molecule has 2 fully saturated rings. The van der Waals surface area contributed by atoms with E-state index in [4.69, 9.17) is 15.1 Å². The largest absolute Gasteiger partial charge is 0.535 e. The number of aliphatic hydroxyl groups excluding tert-OH is 1. The van der Waals surface area contributed by atoms with Crippen LogP contribution in [0.5, 0.6) is 11.5 Å². The molecular formula is C17H21BN2O7. The quantitative estimate of drug-likeness (QED) is 0.500. The first-order chi connectivity index (χ1) is 12.7. The summed E-state index contributed by atoms with van der Waals surface area (Å²) in [6.07, 6.45) is 0.386. The first kappa shape index (κ1) is 18.1. The molecule has 1 aliphatic carbocycles. The summed E-state index contributed by atoms with van der Waals surface area (Å²) in [5.41, 5.74) is 5.05. The Kier molecular flexibility index (Phi) is 4.10. The Bertz CT molecular complexity index is 809. The molecule has 5 N–H and O–H groups in total. The lowest BCUT2D eigenvalue weighted by Crippen LogP contribution is -2.64. The molecule has 3 aliphatic rings. The number of rotatable bonds is 5. The van der Waals surface area contributed by atoms with Crippen LogP contribution in [0.15, 0.2) is 12.1 Å². The number of likely N-dealkylation sites (tertiary alicyclic amines) is 1. The number of amides is 1. The van der Waals surface area contributed by atoms with Crippen LogP contribution in [0.4, 0.5) is 0 Å². The smallest absolute Gasteiger partial charge is 0.526 e. The van der Waals surface area contributed by atoms with Crippen molar-refractivity contribution in [3.63, 3.8) is 0 Å². The molecule has 2 aliphatic heterocycles. The van der Waals surface area contributed by atoms with Crippen molar-refractivity contribution in [2.75, 3.05) is 19.7 Å². The van der Waals surface area contributed by atoms with Gasteiger partial charge in [-0.1, -0.05) is 6.07 Å². The summed E-state index contributed by atoms with van der Waals surface area (Å²) in [6.45, 7) is 1.47. The van der Waals surface area contributed by atoms with Gasteiger partial charge in [0.1, 0.15) is 28.7 Å². The van der Waals surface area contributed by atoms with Gasteiger partial charge in [-0.05, 0) is 30.9 Å². The highest BCUT2D eigenvalue weighted by atomic mass is 16.5. The van der Waals surface area contributed by atoms with E-state index in [1.807, 2.05) is 0 Å². The summed E-state index contributed by atoms with van der Waals surface area (Å²) in [6, 6.07) is 3.38. The van der Waals surface area contributed by atoms with Crippen molar-refractivity contribution in [2.45, 2.75) is 36.7 Å². The number of nitrogens with two attached hydrogens (primary N) is 1. The van der Waals surface area contributed by atoms with Gasteiger partial charge in [-0.15, -0.1) is 0 Å². The number of fused-ring (bicyclic) bond motifs is 3. The zero-order chi connectivity index (χ0) is 19.5. The number of carbonyl (C=O) groups is 2. The number of hydrogen-bond acceptors (Lipinski definition) is 7. The Morgan fingerprint density at radius 2 is 2.15 bits per heavy atom. The minimum absolute atomic E-state index is 0.0224. The van der Waals surface area contributed by atoms with Crippen molar-refractivity contribution >= 4 is 19.0 Å². The second-order valence-electron chi connectivity index (χ2n) is 7.70. The minimum atomic E-state index is -1.35. The lowest BCUT2D eigenvalue weighted by atomic mass is 9.77. The van der Waals surface area contributed by atoms with E-state index >= 15 is 0 Å². The fourth-order valence-corrected chi connectivity index (χ4v) is 3.68. The van der Waals surface area contributed by atoms with E-state index in [2.05, 4.69) is 0 Å². The van der Waals surface area contributed by atoms with Crippen LogP contribution in [0.2, 0.25) is 5.82 Å². The number of aliphatic hydroxyl groups is 1. The molecular weight excluding hydrogens is 355 g/mol. The van der Waals surface area contributed by atoms with Gasteiger partial charge in [-0.25, -0.2) is 4.79 Å². The third-order valence-electron chi connectivity index (χ3n) is 5.45. The molecule has 1 unspecified atom stereocenters. The van der Waals surface area contributed by atoms with Gasteiger partial charge in [0, 0.05) is 5.82 Å². The Balaban J connectivity index is 1.50. The summed E-state index contributed by atoms with van der Waals surface area (Å²) < 4.78 is 11.2. The molecule has 0 radical (unpaired) electrons. The molecule has 10 heteroatoms. The summed E-state index contributed by atoms with van der Waals surface area (Å²) in [7, 11) is -1.01. The molecule has 9 nitrogen and oxygen atoms in total. The maximum Gasteiger partial charge on any atom is 0.526 e. The van der Waals surface area contributed by atoms with Crippen molar-refractivity contribution in [1.29, 1.82) is 0 Å². The van der Waals surface area contributed by atoms with Crippen LogP contribution in [0.3, 0.4) is 0 Å². The van der Waals surface area contributed by atoms with E-state index in [1.54, 1.807) is 12.1 Å². The molecule has 1 saturated carbocycles. The third-order valence-corrected chi connectivity index (χ3v) is 5.45. The lowest BCUT2D eigenvalue weighted by Gasteiger charge is -2.42. The predicted molar refractivity (Wildman–Crippen MR) is 93.8 cm³/mol. The minimum Gasteiger partial charge on any atom is -0.535 e. The number of carboxylic acid groups (broad SMARTS) is 1. The number of aromatic carboxylic acids is 1. The van der Waals surface area contributed by atoms with Gasteiger partial charge in [0.25, 0.3) is 0 Å². The highest BCUT2D eigenvalue weighted by Crippen LogP contribution is 2.60. The Morgan fingerprint density at radius 3 is 2.78 bits per heavy atom. The summed E-state index contributed by atoms with van der Waals surface area (Å²) in [5.74, 6) is -1.14. The number of carbonyl (C=O) groups excluding carboxylic acids is 1. The van der Waals surface area contributed by atoms with Gasteiger partial charge in [0.15, 0.2) is 0 Å². The molecule has 4 rings (SSSR count). The van der Waals surface area contributed by atoms with Gasteiger partial charge in [0.05, 0.1) is 19.7 Å². The van der Waals surface area contributed by atoms with E-state index in [-0.39, 0.29) is 53.9 Å². The average Bonchev–Trinajstić information content (AvgIpc) is 3.38. The van der Waals surface area contributed by atoms with Crippen LogP contribution in [0.25, 0.3) is 0 Å². The van der Waals surface area contributed by atoms with Crippen LogP contribution in [-0.4, -0.2) is 70.5 Å². The molecule has 3 atom stereocenters. The van der Waals surface area contributed by atoms with Crippen molar-refractivity contribution in [3.8, 4) is 11.5 Å². The number of nitrogens with zero attached hydrogens (tertiary/aromatic N) is 1. The molecule has 2 heterocycles. The Hall–Kier alpha value is -2.30. The maximum atomic E-state index is 12.2. The number of benzene rings is 1. The zero-order valence-electron chi connectivity index (χ0n) is 14.8. The highest BCUT2D eigenvalue weighted by molar-refractivity contribution is 6.48. The number of hydrogen-bond donors (Lipinski definition) is 4.